The lowest BCUT2D eigenvalue weighted by Crippen LogP contribution is -2.53. The first kappa shape index (κ1) is 18.4. The second kappa shape index (κ2) is 7.45. The molecule has 2 amide bonds. The number of rotatable bonds is 6. The van der Waals surface area contributed by atoms with Crippen molar-refractivity contribution in [3.05, 3.63) is 23.8 Å². The summed E-state index contributed by atoms with van der Waals surface area (Å²) in [5.41, 5.74) is -0.0342. The van der Waals surface area contributed by atoms with Crippen molar-refractivity contribution in [3.63, 3.8) is 0 Å². The topological polar surface area (TPSA) is 71.1 Å². The van der Waals surface area contributed by atoms with Crippen molar-refractivity contribution in [2.75, 3.05) is 42.6 Å². The minimum absolute atomic E-state index is 0.0263. The van der Waals surface area contributed by atoms with Crippen LogP contribution in [0.4, 0.5) is 25.0 Å². The molecule has 0 spiro atoms. The predicted octanol–water partition coefficient (Wildman–Crippen LogP) is 1.65. The minimum atomic E-state index is -0.743. The molecule has 0 saturated carbocycles. The zero-order valence-corrected chi connectivity index (χ0v) is 14.6. The number of nitrogens with zero attached hydrogens (tertiary/aromatic N) is 2. The number of benzene rings is 1. The largest absolute Gasteiger partial charge is 0.442 e. The standard InChI is InChI=1S/C17H21F2N3O4/c1-3-25-13-7-21(8-13)16-14(18)4-11(5-15(16)19)22-9-12(26-17(22)24)6-20-10(2)23/h4-5,12-13H,3,6-9H2,1-2H3,(H,20,23)/t12-/m0/s1. The zero-order chi connectivity index (χ0) is 18.8. The highest BCUT2D eigenvalue weighted by atomic mass is 19.1. The molecule has 1 aromatic rings. The lowest BCUT2D eigenvalue weighted by molar-refractivity contribution is -0.119. The van der Waals surface area contributed by atoms with Gasteiger partial charge in [0.05, 0.1) is 24.9 Å². The van der Waals surface area contributed by atoms with E-state index in [2.05, 4.69) is 5.32 Å². The third-order valence-electron chi connectivity index (χ3n) is 4.33. The second-order valence-corrected chi connectivity index (χ2v) is 6.29. The van der Waals surface area contributed by atoms with E-state index in [1.807, 2.05) is 6.92 Å². The minimum Gasteiger partial charge on any atom is -0.442 e. The molecule has 0 radical (unpaired) electrons. The number of carbonyl (C=O) groups is 2. The van der Waals surface area contributed by atoms with Gasteiger partial charge in [-0.2, -0.15) is 0 Å². The van der Waals surface area contributed by atoms with Crippen LogP contribution in [0.5, 0.6) is 0 Å². The van der Waals surface area contributed by atoms with Crippen molar-refractivity contribution in [1.82, 2.24) is 5.32 Å². The van der Waals surface area contributed by atoms with Crippen LogP contribution < -0.4 is 15.1 Å². The van der Waals surface area contributed by atoms with E-state index < -0.39 is 23.8 Å². The second-order valence-electron chi connectivity index (χ2n) is 6.29. The maximum Gasteiger partial charge on any atom is 0.414 e. The number of amides is 2. The number of nitrogens with one attached hydrogen (secondary N) is 1. The number of hydrogen-bond acceptors (Lipinski definition) is 5. The van der Waals surface area contributed by atoms with Crippen molar-refractivity contribution < 1.29 is 27.8 Å². The molecule has 0 aliphatic carbocycles. The Balaban J connectivity index is 1.70. The van der Waals surface area contributed by atoms with E-state index in [4.69, 9.17) is 9.47 Å². The Morgan fingerprint density at radius 1 is 1.31 bits per heavy atom. The highest BCUT2D eigenvalue weighted by Gasteiger charge is 2.35. The SMILES string of the molecule is CCOC1CN(c2c(F)cc(N3C[C@H](CNC(C)=O)OC3=O)cc2F)C1. The first-order valence-corrected chi connectivity index (χ1v) is 8.47. The van der Waals surface area contributed by atoms with E-state index in [1.54, 1.807) is 4.90 Å². The van der Waals surface area contributed by atoms with Gasteiger partial charge < -0.3 is 19.7 Å². The van der Waals surface area contributed by atoms with Crippen LogP contribution in [-0.2, 0) is 14.3 Å². The Bertz CT molecular complexity index is 686. The van der Waals surface area contributed by atoms with Crippen molar-refractivity contribution in [1.29, 1.82) is 0 Å². The summed E-state index contributed by atoms with van der Waals surface area (Å²) in [6.07, 6.45) is -1.30. The van der Waals surface area contributed by atoms with Gasteiger partial charge in [-0.3, -0.25) is 9.69 Å². The van der Waals surface area contributed by atoms with E-state index in [-0.39, 0.29) is 36.5 Å². The normalized spacial score (nSPS) is 20.2. The molecule has 2 aliphatic rings. The summed E-state index contributed by atoms with van der Waals surface area (Å²) >= 11 is 0. The summed E-state index contributed by atoms with van der Waals surface area (Å²) < 4.78 is 39.4. The highest BCUT2D eigenvalue weighted by molar-refractivity contribution is 5.90. The van der Waals surface area contributed by atoms with Crippen LogP contribution in [0.15, 0.2) is 12.1 Å². The molecule has 26 heavy (non-hydrogen) atoms. The highest BCUT2D eigenvalue weighted by Crippen LogP contribution is 2.33. The van der Waals surface area contributed by atoms with Crippen LogP contribution in [0.2, 0.25) is 0 Å². The Morgan fingerprint density at radius 2 is 1.96 bits per heavy atom. The molecule has 2 heterocycles. The van der Waals surface area contributed by atoms with Gasteiger partial charge in [0.2, 0.25) is 5.91 Å². The number of ether oxygens (including phenoxy) is 2. The van der Waals surface area contributed by atoms with Crippen LogP contribution in [0.3, 0.4) is 0 Å². The van der Waals surface area contributed by atoms with Gasteiger partial charge in [-0.05, 0) is 6.92 Å². The number of cyclic esters (lactones) is 1. The van der Waals surface area contributed by atoms with Crippen molar-refractivity contribution in [2.45, 2.75) is 26.1 Å². The van der Waals surface area contributed by atoms with Gasteiger partial charge in [-0.25, -0.2) is 13.6 Å². The molecule has 2 aliphatic heterocycles. The Kier molecular flexibility index (Phi) is 5.26. The maximum absolute atomic E-state index is 14.5. The molecule has 0 bridgehead atoms. The fraction of sp³-hybridized carbons (Fsp3) is 0.529. The number of anilines is 2. The Hall–Kier alpha value is -2.42. The van der Waals surface area contributed by atoms with Gasteiger partial charge in [0, 0.05) is 38.8 Å². The van der Waals surface area contributed by atoms with Crippen molar-refractivity contribution >= 4 is 23.4 Å². The van der Waals surface area contributed by atoms with Crippen LogP contribution in [0, 0.1) is 11.6 Å². The molecule has 9 heteroatoms. The summed E-state index contributed by atoms with van der Waals surface area (Å²) in [7, 11) is 0. The van der Waals surface area contributed by atoms with Gasteiger partial charge in [0.25, 0.3) is 0 Å². The molecule has 1 aromatic carbocycles. The van der Waals surface area contributed by atoms with Crippen molar-refractivity contribution in [3.8, 4) is 0 Å². The molecule has 0 unspecified atom stereocenters. The smallest absolute Gasteiger partial charge is 0.414 e. The first-order valence-electron chi connectivity index (χ1n) is 8.47. The van der Waals surface area contributed by atoms with Crippen LogP contribution in [-0.4, -0.2) is 57.0 Å². The molecular weight excluding hydrogens is 348 g/mol. The summed E-state index contributed by atoms with van der Waals surface area (Å²) in [5.74, 6) is -1.73. The fourth-order valence-corrected chi connectivity index (χ4v) is 3.07. The van der Waals surface area contributed by atoms with Crippen molar-refractivity contribution in [2.24, 2.45) is 0 Å². The first-order chi connectivity index (χ1) is 12.4. The maximum atomic E-state index is 14.5. The van der Waals surface area contributed by atoms with Gasteiger partial charge in [0.15, 0.2) is 11.6 Å². The quantitative estimate of drug-likeness (QED) is 0.826. The third-order valence-corrected chi connectivity index (χ3v) is 4.33. The van der Waals surface area contributed by atoms with Crippen LogP contribution in [0.1, 0.15) is 13.8 Å². The van der Waals surface area contributed by atoms with E-state index >= 15 is 0 Å². The van der Waals surface area contributed by atoms with Gasteiger partial charge in [0.1, 0.15) is 11.8 Å². The number of hydrogen-bond donors (Lipinski definition) is 1. The monoisotopic (exact) mass is 369 g/mol. The summed E-state index contributed by atoms with van der Waals surface area (Å²) in [4.78, 5) is 25.6. The predicted molar refractivity (Wildman–Crippen MR) is 90.3 cm³/mol. The Morgan fingerprint density at radius 3 is 2.54 bits per heavy atom. The molecule has 1 atom stereocenters. The van der Waals surface area contributed by atoms with E-state index in [1.165, 1.54) is 6.92 Å². The van der Waals surface area contributed by atoms with Crippen LogP contribution in [0.25, 0.3) is 0 Å². The van der Waals surface area contributed by atoms with E-state index in [0.717, 1.165) is 17.0 Å². The average Bonchev–Trinajstić information content (AvgIpc) is 2.90. The lowest BCUT2D eigenvalue weighted by atomic mass is 10.1. The molecule has 3 rings (SSSR count). The molecular formula is C17H21F2N3O4. The summed E-state index contributed by atoms with van der Waals surface area (Å²) in [5, 5.41) is 2.55. The number of carbonyl (C=O) groups excluding carboxylic acids is 2. The van der Waals surface area contributed by atoms with Gasteiger partial charge >= 0.3 is 6.09 Å². The molecule has 142 valence electrons. The van der Waals surface area contributed by atoms with E-state index in [9.17, 15) is 18.4 Å². The average molecular weight is 369 g/mol. The van der Waals surface area contributed by atoms with E-state index in [0.29, 0.717) is 19.7 Å². The van der Waals surface area contributed by atoms with Crippen LogP contribution >= 0.6 is 0 Å². The van der Waals surface area contributed by atoms with Gasteiger partial charge in [-0.15, -0.1) is 0 Å². The zero-order valence-electron chi connectivity index (χ0n) is 14.6. The summed E-state index contributed by atoms with van der Waals surface area (Å²) in [6.45, 7) is 4.87. The number of halogens is 2. The Labute approximate surface area is 149 Å². The molecule has 7 nitrogen and oxygen atoms in total. The lowest BCUT2D eigenvalue weighted by Gasteiger charge is -2.40. The third kappa shape index (κ3) is 3.72. The molecule has 2 fully saturated rings. The molecule has 1 N–H and O–H groups in total. The van der Waals surface area contributed by atoms with Gasteiger partial charge in [-0.1, -0.05) is 0 Å². The molecule has 0 aromatic heterocycles. The summed E-state index contributed by atoms with van der Waals surface area (Å²) in [6, 6.07) is 2.24. The fourth-order valence-electron chi connectivity index (χ4n) is 3.07. The molecule has 2 saturated heterocycles.